The Hall–Kier alpha value is -2.76. The van der Waals surface area contributed by atoms with Crippen molar-refractivity contribution >= 4 is 11.9 Å². The van der Waals surface area contributed by atoms with Crippen molar-refractivity contribution in [2.45, 2.75) is 25.3 Å². The Bertz CT molecular complexity index is 697. The van der Waals surface area contributed by atoms with Crippen molar-refractivity contribution in [3.8, 4) is 0 Å². The van der Waals surface area contributed by atoms with Gasteiger partial charge in [-0.25, -0.2) is 4.79 Å². The fourth-order valence-corrected chi connectivity index (χ4v) is 2.96. The third kappa shape index (κ3) is 3.95. The minimum Gasteiger partial charge on any atom is -0.459 e. The van der Waals surface area contributed by atoms with Crippen LogP contribution < -0.4 is 16.0 Å². The number of carbonyl (C=O) groups is 2. The van der Waals surface area contributed by atoms with Crippen LogP contribution in [-0.4, -0.2) is 25.0 Å². The topological polar surface area (TPSA) is 83.4 Å². The SMILES string of the molecule is O=C(NCCNC(=O)c1ccco1)NC1CCCc2ccccc21. The Kier molecular flexibility index (Phi) is 5.15. The molecule has 3 N–H and O–H groups in total. The second-order valence-corrected chi connectivity index (χ2v) is 5.78. The predicted octanol–water partition coefficient (Wildman–Crippen LogP) is 2.39. The highest BCUT2D eigenvalue weighted by Gasteiger charge is 2.21. The van der Waals surface area contributed by atoms with Crippen molar-refractivity contribution in [3.63, 3.8) is 0 Å². The molecular formula is C18H21N3O3. The number of hydrogen-bond acceptors (Lipinski definition) is 3. The molecule has 0 spiro atoms. The molecule has 24 heavy (non-hydrogen) atoms. The zero-order valence-electron chi connectivity index (χ0n) is 13.4. The minimum atomic E-state index is -0.289. The molecule has 1 atom stereocenters. The van der Waals surface area contributed by atoms with Gasteiger partial charge in [0, 0.05) is 13.1 Å². The number of carbonyl (C=O) groups excluding carboxylic acids is 2. The van der Waals surface area contributed by atoms with Crippen LogP contribution in [0.5, 0.6) is 0 Å². The van der Waals surface area contributed by atoms with Crippen molar-refractivity contribution in [2.24, 2.45) is 0 Å². The molecule has 0 fully saturated rings. The monoisotopic (exact) mass is 327 g/mol. The molecule has 3 rings (SSSR count). The zero-order chi connectivity index (χ0) is 16.8. The van der Waals surface area contributed by atoms with Gasteiger partial charge in [-0.05, 0) is 42.5 Å². The van der Waals surface area contributed by atoms with E-state index in [-0.39, 0.29) is 23.7 Å². The number of aryl methyl sites for hydroxylation is 1. The number of urea groups is 1. The molecule has 0 saturated carbocycles. The third-order valence-corrected chi connectivity index (χ3v) is 4.12. The number of amides is 3. The van der Waals surface area contributed by atoms with Crippen molar-refractivity contribution in [1.82, 2.24) is 16.0 Å². The zero-order valence-corrected chi connectivity index (χ0v) is 13.4. The van der Waals surface area contributed by atoms with Gasteiger partial charge in [0.1, 0.15) is 0 Å². The van der Waals surface area contributed by atoms with Crippen LogP contribution in [-0.2, 0) is 6.42 Å². The fraction of sp³-hybridized carbons (Fsp3) is 0.333. The highest BCUT2D eigenvalue weighted by molar-refractivity contribution is 5.91. The van der Waals surface area contributed by atoms with Gasteiger partial charge >= 0.3 is 6.03 Å². The average molecular weight is 327 g/mol. The molecule has 1 aromatic carbocycles. The van der Waals surface area contributed by atoms with Gasteiger partial charge in [0.05, 0.1) is 12.3 Å². The maximum atomic E-state index is 12.0. The Labute approximate surface area is 140 Å². The van der Waals surface area contributed by atoms with Crippen molar-refractivity contribution in [3.05, 3.63) is 59.5 Å². The van der Waals surface area contributed by atoms with Crippen molar-refractivity contribution in [2.75, 3.05) is 13.1 Å². The molecule has 6 nitrogen and oxygen atoms in total. The van der Waals surface area contributed by atoms with E-state index in [1.165, 1.54) is 17.4 Å². The van der Waals surface area contributed by atoms with Crippen LogP contribution in [0.3, 0.4) is 0 Å². The summed E-state index contributed by atoms with van der Waals surface area (Å²) in [7, 11) is 0. The molecule has 6 heteroatoms. The van der Waals surface area contributed by atoms with Crippen LogP contribution in [0.25, 0.3) is 0 Å². The Morgan fingerprint density at radius 3 is 2.75 bits per heavy atom. The fourth-order valence-electron chi connectivity index (χ4n) is 2.96. The highest BCUT2D eigenvalue weighted by atomic mass is 16.3. The van der Waals surface area contributed by atoms with Gasteiger partial charge in [0.25, 0.3) is 5.91 Å². The molecular weight excluding hydrogens is 306 g/mol. The minimum absolute atomic E-state index is 0.0488. The smallest absolute Gasteiger partial charge is 0.315 e. The second-order valence-electron chi connectivity index (χ2n) is 5.78. The van der Waals surface area contributed by atoms with Gasteiger partial charge in [-0.15, -0.1) is 0 Å². The van der Waals surface area contributed by atoms with E-state index in [4.69, 9.17) is 4.42 Å². The lowest BCUT2D eigenvalue weighted by atomic mass is 9.88. The van der Waals surface area contributed by atoms with Crippen LogP contribution in [0.15, 0.2) is 47.1 Å². The lowest BCUT2D eigenvalue weighted by molar-refractivity contribution is 0.0926. The summed E-state index contributed by atoms with van der Waals surface area (Å²) in [4.78, 5) is 23.7. The number of furan rings is 1. The molecule has 1 aliphatic carbocycles. The van der Waals surface area contributed by atoms with Crippen molar-refractivity contribution < 1.29 is 14.0 Å². The Balaban J connectivity index is 1.41. The normalized spacial score (nSPS) is 16.1. The van der Waals surface area contributed by atoms with Gasteiger partial charge in [-0.2, -0.15) is 0 Å². The summed E-state index contributed by atoms with van der Waals surface area (Å²) in [6, 6.07) is 11.3. The molecule has 126 valence electrons. The standard InChI is InChI=1S/C18H21N3O3/c22-17(16-9-4-12-24-16)19-10-11-20-18(23)21-15-8-3-6-13-5-1-2-7-14(13)15/h1-2,4-5,7,9,12,15H,3,6,8,10-11H2,(H,19,22)(H2,20,21,23). The Morgan fingerprint density at radius 1 is 1.08 bits per heavy atom. The van der Waals surface area contributed by atoms with Crippen LogP contribution in [0, 0.1) is 0 Å². The van der Waals surface area contributed by atoms with E-state index in [1.54, 1.807) is 12.1 Å². The molecule has 2 aromatic rings. The first kappa shape index (κ1) is 16.1. The summed E-state index contributed by atoms with van der Waals surface area (Å²) in [5, 5.41) is 8.46. The van der Waals surface area contributed by atoms with E-state index in [9.17, 15) is 9.59 Å². The van der Waals surface area contributed by atoms with Gasteiger partial charge in [-0.3, -0.25) is 4.79 Å². The molecule has 0 saturated heterocycles. The van der Waals surface area contributed by atoms with E-state index in [0.29, 0.717) is 13.1 Å². The molecule has 0 aliphatic heterocycles. The number of benzene rings is 1. The molecule has 1 aliphatic rings. The van der Waals surface area contributed by atoms with Crippen molar-refractivity contribution in [1.29, 1.82) is 0 Å². The number of hydrogen-bond donors (Lipinski definition) is 3. The van der Waals surface area contributed by atoms with Gasteiger partial charge in [-0.1, -0.05) is 24.3 Å². The molecule has 0 radical (unpaired) electrons. The van der Waals surface area contributed by atoms with E-state index < -0.39 is 0 Å². The van der Waals surface area contributed by atoms with Crippen LogP contribution in [0.1, 0.15) is 40.6 Å². The number of nitrogens with one attached hydrogen (secondary N) is 3. The van der Waals surface area contributed by atoms with E-state index in [2.05, 4.69) is 28.1 Å². The molecule has 0 bridgehead atoms. The number of fused-ring (bicyclic) bond motifs is 1. The number of rotatable bonds is 5. The summed E-state index contributed by atoms with van der Waals surface area (Å²) >= 11 is 0. The largest absolute Gasteiger partial charge is 0.459 e. The van der Waals surface area contributed by atoms with Gasteiger partial charge in [0.15, 0.2) is 5.76 Å². The lowest BCUT2D eigenvalue weighted by Gasteiger charge is -2.26. The molecule has 1 unspecified atom stereocenters. The van der Waals surface area contributed by atoms with E-state index >= 15 is 0 Å². The highest BCUT2D eigenvalue weighted by Crippen LogP contribution is 2.29. The molecule has 1 heterocycles. The summed E-state index contributed by atoms with van der Waals surface area (Å²) in [5.74, 6) is -0.0262. The first-order valence-corrected chi connectivity index (χ1v) is 8.18. The van der Waals surface area contributed by atoms with Gasteiger partial charge in [0.2, 0.25) is 0 Å². The maximum Gasteiger partial charge on any atom is 0.315 e. The lowest BCUT2D eigenvalue weighted by Crippen LogP contribution is -2.42. The van der Waals surface area contributed by atoms with Crippen LogP contribution in [0.4, 0.5) is 4.79 Å². The Morgan fingerprint density at radius 2 is 1.92 bits per heavy atom. The van der Waals surface area contributed by atoms with Gasteiger partial charge < -0.3 is 20.4 Å². The first-order chi connectivity index (χ1) is 11.7. The second kappa shape index (κ2) is 7.68. The molecule has 1 aromatic heterocycles. The van der Waals surface area contributed by atoms with E-state index in [1.807, 2.05) is 12.1 Å². The predicted molar refractivity (Wildman–Crippen MR) is 89.7 cm³/mol. The first-order valence-electron chi connectivity index (χ1n) is 8.18. The van der Waals surface area contributed by atoms with E-state index in [0.717, 1.165) is 19.3 Å². The quantitative estimate of drug-likeness (QED) is 0.737. The summed E-state index contributed by atoms with van der Waals surface area (Å²) in [6.45, 7) is 0.695. The summed E-state index contributed by atoms with van der Waals surface area (Å²) in [6.07, 6.45) is 4.53. The van der Waals surface area contributed by atoms with Crippen LogP contribution >= 0.6 is 0 Å². The summed E-state index contributed by atoms with van der Waals surface area (Å²) in [5.41, 5.74) is 2.50. The molecule has 3 amide bonds. The average Bonchev–Trinajstić information content (AvgIpc) is 3.14. The summed E-state index contributed by atoms with van der Waals surface area (Å²) < 4.78 is 5.00. The third-order valence-electron chi connectivity index (χ3n) is 4.12. The van der Waals surface area contributed by atoms with Crippen LogP contribution in [0.2, 0.25) is 0 Å². The maximum absolute atomic E-state index is 12.0.